The number of carbonyl (C=O) groups is 1. The Morgan fingerprint density at radius 3 is 2.31 bits per heavy atom. The Balaban J connectivity index is 3.90. The van der Waals surface area contributed by atoms with Gasteiger partial charge < -0.3 is 16.2 Å². The molecular formula is C12H26N2O2. The molecule has 0 aromatic rings. The summed E-state index contributed by atoms with van der Waals surface area (Å²) in [4.78, 5) is 11.5. The Morgan fingerprint density at radius 2 is 1.88 bits per heavy atom. The second-order valence-electron chi connectivity index (χ2n) is 4.28. The number of nitrogens with one attached hydrogen (secondary N) is 1. The largest absolute Gasteiger partial charge is 0.391 e. The van der Waals surface area contributed by atoms with Crippen LogP contribution in [0.15, 0.2) is 0 Å². The molecule has 0 aliphatic heterocycles. The number of hydrogen-bond acceptors (Lipinski definition) is 3. The van der Waals surface area contributed by atoms with Crippen LogP contribution >= 0.6 is 0 Å². The van der Waals surface area contributed by atoms with Crippen molar-refractivity contribution in [2.75, 3.05) is 6.54 Å². The normalized spacial score (nSPS) is 14.9. The minimum atomic E-state index is -0.465. The zero-order valence-corrected chi connectivity index (χ0v) is 10.7. The van der Waals surface area contributed by atoms with E-state index >= 15 is 0 Å². The van der Waals surface area contributed by atoms with Crippen LogP contribution in [0.4, 0.5) is 0 Å². The fourth-order valence-corrected chi connectivity index (χ4v) is 1.78. The zero-order chi connectivity index (χ0) is 12.6. The maximum absolute atomic E-state index is 11.5. The van der Waals surface area contributed by atoms with Crippen molar-refractivity contribution in [2.24, 2.45) is 11.7 Å². The first-order valence-corrected chi connectivity index (χ1v) is 6.28. The van der Waals surface area contributed by atoms with Gasteiger partial charge in [0.25, 0.3) is 0 Å². The topological polar surface area (TPSA) is 75.4 Å². The molecule has 0 bridgehead atoms. The molecule has 4 heteroatoms. The quantitative estimate of drug-likeness (QED) is 0.583. The third-order valence-electron chi connectivity index (χ3n) is 3.01. The summed E-state index contributed by atoms with van der Waals surface area (Å²) < 4.78 is 0. The first-order valence-electron chi connectivity index (χ1n) is 6.28. The highest BCUT2D eigenvalue weighted by molar-refractivity contribution is 5.81. The van der Waals surface area contributed by atoms with Crippen LogP contribution in [-0.4, -0.2) is 29.7 Å². The van der Waals surface area contributed by atoms with E-state index in [1.165, 1.54) is 0 Å². The fraction of sp³-hybridized carbons (Fsp3) is 0.917. The molecule has 0 rings (SSSR count). The molecule has 1 amide bonds. The van der Waals surface area contributed by atoms with Gasteiger partial charge in [-0.2, -0.15) is 0 Å². The highest BCUT2D eigenvalue weighted by Gasteiger charge is 2.18. The lowest BCUT2D eigenvalue weighted by molar-refractivity contribution is -0.123. The summed E-state index contributed by atoms with van der Waals surface area (Å²) in [7, 11) is 0. The molecule has 0 fully saturated rings. The number of aliphatic hydroxyl groups excluding tert-OH is 1. The van der Waals surface area contributed by atoms with Gasteiger partial charge in [0.1, 0.15) is 0 Å². The molecule has 4 nitrogen and oxygen atoms in total. The molecule has 0 aromatic carbocycles. The number of hydrogen-bond donors (Lipinski definition) is 3. The number of nitrogens with two attached hydrogens (primary N) is 1. The van der Waals surface area contributed by atoms with Crippen molar-refractivity contribution < 1.29 is 9.90 Å². The first kappa shape index (κ1) is 15.4. The van der Waals surface area contributed by atoms with Crippen LogP contribution in [-0.2, 0) is 4.79 Å². The SMILES string of the molecule is CCC[C@@H](N)C(=O)NCC(O)C(CC)CC. The van der Waals surface area contributed by atoms with Gasteiger partial charge in [0.15, 0.2) is 0 Å². The van der Waals surface area contributed by atoms with Crippen LogP contribution < -0.4 is 11.1 Å². The molecule has 0 saturated heterocycles. The standard InChI is InChI=1S/C12H26N2O2/c1-4-7-10(13)12(16)14-8-11(15)9(5-2)6-3/h9-11,15H,4-8,13H2,1-3H3,(H,14,16)/t10-,11?/m1/s1. The van der Waals surface area contributed by atoms with Gasteiger partial charge in [-0.25, -0.2) is 0 Å². The van der Waals surface area contributed by atoms with Gasteiger partial charge in [-0.3, -0.25) is 4.79 Å². The van der Waals surface area contributed by atoms with E-state index < -0.39 is 12.1 Å². The van der Waals surface area contributed by atoms with E-state index in [1.807, 2.05) is 20.8 Å². The minimum Gasteiger partial charge on any atom is -0.391 e. The van der Waals surface area contributed by atoms with Crippen molar-refractivity contribution >= 4 is 5.91 Å². The average molecular weight is 230 g/mol. The van der Waals surface area contributed by atoms with Crippen LogP contribution in [0.5, 0.6) is 0 Å². The highest BCUT2D eigenvalue weighted by atomic mass is 16.3. The second kappa shape index (κ2) is 8.53. The third-order valence-corrected chi connectivity index (χ3v) is 3.01. The van der Waals surface area contributed by atoms with Crippen molar-refractivity contribution in [1.29, 1.82) is 0 Å². The van der Waals surface area contributed by atoms with E-state index in [0.29, 0.717) is 13.0 Å². The summed E-state index contributed by atoms with van der Waals surface area (Å²) in [6, 6.07) is -0.445. The maximum Gasteiger partial charge on any atom is 0.237 e. The second-order valence-corrected chi connectivity index (χ2v) is 4.28. The molecule has 96 valence electrons. The fourth-order valence-electron chi connectivity index (χ4n) is 1.78. The zero-order valence-electron chi connectivity index (χ0n) is 10.7. The molecule has 0 aliphatic rings. The Morgan fingerprint density at radius 1 is 1.31 bits per heavy atom. The minimum absolute atomic E-state index is 0.160. The Bertz CT molecular complexity index is 193. The molecule has 0 heterocycles. The van der Waals surface area contributed by atoms with E-state index in [0.717, 1.165) is 19.3 Å². The Labute approximate surface area is 98.6 Å². The van der Waals surface area contributed by atoms with E-state index in [2.05, 4.69) is 5.32 Å². The molecule has 0 aromatic heterocycles. The predicted molar refractivity (Wildman–Crippen MR) is 66.0 cm³/mol. The molecule has 0 aliphatic carbocycles. The summed E-state index contributed by atoms with van der Waals surface area (Å²) >= 11 is 0. The van der Waals surface area contributed by atoms with E-state index in [1.54, 1.807) is 0 Å². The molecule has 4 N–H and O–H groups in total. The first-order chi connectivity index (χ1) is 7.56. The summed E-state index contributed by atoms with van der Waals surface area (Å²) in [5.74, 6) is 0.0922. The highest BCUT2D eigenvalue weighted by Crippen LogP contribution is 2.12. The van der Waals surface area contributed by atoms with Gasteiger partial charge >= 0.3 is 0 Å². The monoisotopic (exact) mass is 230 g/mol. The van der Waals surface area contributed by atoms with Crippen molar-refractivity contribution in [2.45, 2.75) is 58.6 Å². The molecule has 0 radical (unpaired) electrons. The maximum atomic E-state index is 11.5. The predicted octanol–water partition coefficient (Wildman–Crippen LogP) is 1.03. The number of amides is 1. The number of aliphatic hydroxyl groups is 1. The Kier molecular flexibility index (Phi) is 8.21. The van der Waals surface area contributed by atoms with Crippen LogP contribution in [0, 0.1) is 5.92 Å². The summed E-state index contributed by atoms with van der Waals surface area (Å²) in [6.07, 6.45) is 2.97. The van der Waals surface area contributed by atoms with Crippen molar-refractivity contribution in [3.05, 3.63) is 0 Å². The van der Waals surface area contributed by atoms with Gasteiger partial charge in [-0.05, 0) is 12.3 Å². The van der Waals surface area contributed by atoms with Crippen molar-refractivity contribution in [1.82, 2.24) is 5.32 Å². The van der Waals surface area contributed by atoms with Crippen LogP contribution in [0.1, 0.15) is 46.5 Å². The molecule has 16 heavy (non-hydrogen) atoms. The van der Waals surface area contributed by atoms with Crippen LogP contribution in [0.3, 0.4) is 0 Å². The van der Waals surface area contributed by atoms with Gasteiger partial charge in [0.05, 0.1) is 12.1 Å². The summed E-state index contributed by atoms with van der Waals surface area (Å²) in [5.41, 5.74) is 5.66. The van der Waals surface area contributed by atoms with Crippen molar-refractivity contribution in [3.8, 4) is 0 Å². The van der Waals surface area contributed by atoms with Gasteiger partial charge in [0.2, 0.25) is 5.91 Å². The summed E-state index contributed by atoms with van der Waals surface area (Å²) in [5, 5.41) is 12.5. The lowest BCUT2D eigenvalue weighted by atomic mass is 9.96. The van der Waals surface area contributed by atoms with Crippen molar-refractivity contribution in [3.63, 3.8) is 0 Å². The molecule has 1 unspecified atom stereocenters. The van der Waals surface area contributed by atoms with Crippen LogP contribution in [0.2, 0.25) is 0 Å². The van der Waals surface area contributed by atoms with Gasteiger partial charge in [-0.15, -0.1) is 0 Å². The number of rotatable bonds is 8. The molecule has 0 spiro atoms. The summed E-state index contributed by atoms with van der Waals surface area (Å²) in [6.45, 7) is 6.39. The molecule has 2 atom stereocenters. The lowest BCUT2D eigenvalue weighted by Crippen LogP contribution is -2.44. The molecule has 0 saturated carbocycles. The molecular weight excluding hydrogens is 204 g/mol. The Hall–Kier alpha value is -0.610. The average Bonchev–Trinajstić information content (AvgIpc) is 2.27. The van der Waals surface area contributed by atoms with Gasteiger partial charge in [0, 0.05) is 6.54 Å². The van der Waals surface area contributed by atoms with E-state index in [9.17, 15) is 9.90 Å². The van der Waals surface area contributed by atoms with E-state index in [-0.39, 0.29) is 11.8 Å². The van der Waals surface area contributed by atoms with Crippen LogP contribution in [0.25, 0.3) is 0 Å². The third kappa shape index (κ3) is 5.47. The lowest BCUT2D eigenvalue weighted by Gasteiger charge is -2.21. The van der Waals surface area contributed by atoms with Gasteiger partial charge in [-0.1, -0.05) is 40.0 Å². The number of carbonyl (C=O) groups excluding carboxylic acids is 1. The smallest absolute Gasteiger partial charge is 0.237 e. The van der Waals surface area contributed by atoms with E-state index in [4.69, 9.17) is 5.73 Å².